The maximum absolute atomic E-state index is 10.3. The summed E-state index contributed by atoms with van der Waals surface area (Å²) in [4.78, 5) is 20.6. The van der Waals surface area contributed by atoms with Gasteiger partial charge in [0.05, 0.1) is 0 Å². The van der Waals surface area contributed by atoms with Crippen LogP contribution in [0.15, 0.2) is 0 Å². The summed E-state index contributed by atoms with van der Waals surface area (Å²) < 4.78 is 0. The molecule has 0 unspecified atom stereocenters. The number of hydrazine groups is 2. The lowest BCUT2D eigenvalue weighted by Crippen LogP contribution is -2.37. The molecule has 0 radical (unpaired) electrons. The Morgan fingerprint density at radius 2 is 1.38 bits per heavy atom. The number of nitrogens with zero attached hydrogens (tertiary/aromatic N) is 4. The molecule has 1 fully saturated rings. The van der Waals surface area contributed by atoms with Crippen molar-refractivity contribution >= 4 is 0 Å². The third-order valence-electron chi connectivity index (χ3n) is 1.67. The summed E-state index contributed by atoms with van der Waals surface area (Å²) in [6.07, 6.45) is 0. The normalized spacial score (nSPS) is 18.2. The standard InChI is InChI=1S/C4H9N5O4/c10-8(11)6-1-2-7(9(12)13)4-5-3-6/h5H,1-4H2. The molecule has 74 valence electrons. The predicted molar refractivity (Wildman–Crippen MR) is 40.3 cm³/mol. The first-order chi connectivity index (χ1) is 6.11. The molecule has 1 N–H and O–H groups in total. The Morgan fingerprint density at radius 3 is 1.69 bits per heavy atom. The number of hydrogen-bond acceptors (Lipinski definition) is 5. The molecule has 1 aliphatic rings. The van der Waals surface area contributed by atoms with Crippen LogP contribution >= 0.6 is 0 Å². The van der Waals surface area contributed by atoms with E-state index in [4.69, 9.17) is 0 Å². The molecule has 9 heteroatoms. The molecule has 0 aromatic carbocycles. The van der Waals surface area contributed by atoms with Gasteiger partial charge in [-0.2, -0.15) is 0 Å². The van der Waals surface area contributed by atoms with Crippen LogP contribution in [0.4, 0.5) is 0 Å². The highest BCUT2D eigenvalue weighted by Crippen LogP contribution is 1.95. The van der Waals surface area contributed by atoms with Gasteiger partial charge in [0.2, 0.25) is 0 Å². The molecule has 1 saturated heterocycles. The highest BCUT2D eigenvalue weighted by Gasteiger charge is 2.24. The van der Waals surface area contributed by atoms with Crippen LogP contribution in [-0.4, -0.2) is 46.5 Å². The molecule has 1 rings (SSSR count). The minimum atomic E-state index is -0.573. The van der Waals surface area contributed by atoms with E-state index >= 15 is 0 Å². The maximum Gasteiger partial charge on any atom is 0.161 e. The maximum atomic E-state index is 10.3. The van der Waals surface area contributed by atoms with Crippen molar-refractivity contribution in [1.82, 2.24) is 15.3 Å². The van der Waals surface area contributed by atoms with Crippen molar-refractivity contribution in [3.63, 3.8) is 0 Å². The summed E-state index contributed by atoms with van der Waals surface area (Å²) in [6.45, 7) is 0.136. The van der Waals surface area contributed by atoms with Gasteiger partial charge in [0, 0.05) is 0 Å². The van der Waals surface area contributed by atoms with Gasteiger partial charge in [0.15, 0.2) is 10.1 Å². The van der Waals surface area contributed by atoms with E-state index in [1.54, 1.807) is 0 Å². The molecule has 0 aromatic heterocycles. The van der Waals surface area contributed by atoms with Crippen molar-refractivity contribution in [3.8, 4) is 0 Å². The first kappa shape index (κ1) is 9.45. The molecule has 0 aromatic rings. The van der Waals surface area contributed by atoms with Gasteiger partial charge < -0.3 is 0 Å². The van der Waals surface area contributed by atoms with Crippen LogP contribution in [0.25, 0.3) is 0 Å². The Balaban J connectivity index is 2.48. The Morgan fingerprint density at radius 1 is 1.00 bits per heavy atom. The lowest BCUT2D eigenvalue weighted by Gasteiger charge is -2.09. The van der Waals surface area contributed by atoms with E-state index in [2.05, 4.69) is 5.32 Å². The van der Waals surface area contributed by atoms with Gasteiger partial charge in [-0.15, -0.1) is 10.0 Å². The molecule has 0 spiro atoms. The molecule has 0 bridgehead atoms. The largest absolute Gasteiger partial charge is 0.273 e. The highest BCUT2D eigenvalue weighted by molar-refractivity contribution is 4.54. The van der Waals surface area contributed by atoms with Gasteiger partial charge >= 0.3 is 0 Å². The van der Waals surface area contributed by atoms with Gasteiger partial charge in [-0.3, -0.25) is 5.32 Å². The van der Waals surface area contributed by atoms with Crippen LogP contribution in [0.5, 0.6) is 0 Å². The first-order valence-corrected chi connectivity index (χ1v) is 3.60. The van der Waals surface area contributed by atoms with Crippen LogP contribution in [0.2, 0.25) is 0 Å². The van der Waals surface area contributed by atoms with Crippen molar-refractivity contribution in [2.75, 3.05) is 26.4 Å². The Hall–Kier alpha value is -1.64. The predicted octanol–water partition coefficient (Wildman–Crippen LogP) is -1.51. The Labute approximate surface area is 73.1 Å². The first-order valence-electron chi connectivity index (χ1n) is 3.60. The van der Waals surface area contributed by atoms with Crippen molar-refractivity contribution in [3.05, 3.63) is 20.2 Å². The quantitative estimate of drug-likeness (QED) is 0.418. The minimum Gasteiger partial charge on any atom is -0.273 e. The molecule has 0 atom stereocenters. The average Bonchev–Trinajstić information content (AvgIpc) is 2.27. The van der Waals surface area contributed by atoms with Crippen molar-refractivity contribution < 1.29 is 10.1 Å². The van der Waals surface area contributed by atoms with Crippen LogP contribution in [-0.2, 0) is 0 Å². The second-order valence-electron chi connectivity index (χ2n) is 2.50. The van der Waals surface area contributed by atoms with Gasteiger partial charge in [0.1, 0.15) is 26.4 Å². The van der Waals surface area contributed by atoms with Crippen LogP contribution in [0, 0.1) is 20.2 Å². The fraction of sp³-hybridized carbons (Fsp3) is 1.00. The number of nitrogens with one attached hydrogen (secondary N) is 1. The minimum absolute atomic E-state index is 0.0251. The molecule has 1 aliphatic heterocycles. The third kappa shape index (κ3) is 2.40. The number of nitro groups is 2. The molecule has 13 heavy (non-hydrogen) atoms. The van der Waals surface area contributed by atoms with Gasteiger partial charge in [-0.05, 0) is 0 Å². The van der Waals surface area contributed by atoms with Crippen molar-refractivity contribution in [2.45, 2.75) is 0 Å². The second kappa shape index (κ2) is 3.85. The summed E-state index contributed by atoms with van der Waals surface area (Å²) in [5.41, 5.74) is 0. The fourth-order valence-electron chi connectivity index (χ4n) is 0.976. The van der Waals surface area contributed by atoms with E-state index in [9.17, 15) is 20.2 Å². The summed E-state index contributed by atoms with van der Waals surface area (Å²) in [5, 5.41) is 23.8. The molecule has 0 amide bonds. The van der Waals surface area contributed by atoms with Crippen molar-refractivity contribution in [1.29, 1.82) is 0 Å². The zero-order valence-corrected chi connectivity index (χ0v) is 6.75. The van der Waals surface area contributed by atoms with Gasteiger partial charge in [0.25, 0.3) is 0 Å². The summed E-state index contributed by atoms with van der Waals surface area (Å²) in [6, 6.07) is 0. The highest BCUT2D eigenvalue weighted by atomic mass is 16.7. The summed E-state index contributed by atoms with van der Waals surface area (Å²) in [7, 11) is 0. The van der Waals surface area contributed by atoms with Crippen molar-refractivity contribution in [2.24, 2.45) is 0 Å². The molecular weight excluding hydrogens is 182 g/mol. The van der Waals surface area contributed by atoms with Gasteiger partial charge in [-0.1, -0.05) is 0 Å². The topological polar surface area (TPSA) is 105 Å². The molecule has 0 saturated carbocycles. The second-order valence-corrected chi connectivity index (χ2v) is 2.50. The average molecular weight is 191 g/mol. The van der Waals surface area contributed by atoms with Crippen LogP contribution in [0.3, 0.4) is 0 Å². The van der Waals surface area contributed by atoms with E-state index in [1.807, 2.05) is 0 Å². The summed E-state index contributed by atoms with van der Waals surface area (Å²) in [5.74, 6) is 0. The molecule has 0 aliphatic carbocycles. The molecule has 1 heterocycles. The monoisotopic (exact) mass is 191 g/mol. The van der Waals surface area contributed by atoms with E-state index in [-0.39, 0.29) is 26.4 Å². The third-order valence-corrected chi connectivity index (χ3v) is 1.67. The number of hydrogen-bond donors (Lipinski definition) is 1. The van der Waals surface area contributed by atoms with Crippen LogP contribution in [0.1, 0.15) is 0 Å². The number of rotatable bonds is 2. The summed E-state index contributed by atoms with van der Waals surface area (Å²) >= 11 is 0. The van der Waals surface area contributed by atoms with E-state index in [1.165, 1.54) is 0 Å². The Kier molecular flexibility index (Phi) is 2.80. The van der Waals surface area contributed by atoms with Crippen LogP contribution < -0.4 is 5.32 Å². The zero-order chi connectivity index (χ0) is 9.84. The van der Waals surface area contributed by atoms with E-state index < -0.39 is 10.1 Å². The lowest BCUT2D eigenvalue weighted by molar-refractivity contribution is -0.666. The zero-order valence-electron chi connectivity index (χ0n) is 6.75. The fourth-order valence-corrected chi connectivity index (χ4v) is 0.976. The SMILES string of the molecule is O=[N+]([O-])N1CCN([N+](=O)[O-])CNC1. The Bertz CT molecular complexity index is 199. The van der Waals surface area contributed by atoms with E-state index in [0.29, 0.717) is 0 Å². The van der Waals surface area contributed by atoms with E-state index in [0.717, 1.165) is 10.0 Å². The lowest BCUT2D eigenvalue weighted by atomic mass is 10.6. The molecular formula is C4H9N5O4. The smallest absolute Gasteiger partial charge is 0.161 e. The molecule has 9 nitrogen and oxygen atoms in total. The van der Waals surface area contributed by atoms with Gasteiger partial charge in [-0.25, -0.2) is 20.2 Å².